The van der Waals surface area contributed by atoms with Gasteiger partial charge in [-0.3, -0.25) is 4.79 Å². The van der Waals surface area contributed by atoms with Gasteiger partial charge in [0.25, 0.3) is 0 Å². The molecule has 1 N–H and O–H groups in total. The average molecular weight is 467 g/mol. The van der Waals surface area contributed by atoms with Gasteiger partial charge in [0.15, 0.2) is 9.84 Å². The van der Waals surface area contributed by atoms with Crippen molar-refractivity contribution in [1.82, 2.24) is 4.57 Å². The summed E-state index contributed by atoms with van der Waals surface area (Å²) in [6.07, 6.45) is 2.48. The molecule has 0 atom stereocenters. The second-order valence-corrected chi connectivity index (χ2v) is 10.0. The van der Waals surface area contributed by atoms with Crippen LogP contribution in [0.5, 0.6) is 0 Å². The van der Waals surface area contributed by atoms with Gasteiger partial charge in [-0.15, -0.1) is 0 Å². The van der Waals surface area contributed by atoms with Crippen LogP contribution in [0.25, 0.3) is 10.9 Å². The van der Waals surface area contributed by atoms with E-state index in [1.165, 1.54) is 5.56 Å². The number of halogens is 1. The van der Waals surface area contributed by atoms with E-state index in [2.05, 4.69) is 12.2 Å². The van der Waals surface area contributed by atoms with E-state index in [4.69, 9.17) is 11.6 Å². The van der Waals surface area contributed by atoms with Crippen LogP contribution in [0.15, 0.2) is 83.9 Å². The van der Waals surface area contributed by atoms with Crippen LogP contribution in [0, 0.1) is 0 Å². The van der Waals surface area contributed by atoms with Gasteiger partial charge in [0, 0.05) is 27.8 Å². The van der Waals surface area contributed by atoms with E-state index in [9.17, 15) is 13.2 Å². The first kappa shape index (κ1) is 22.1. The molecule has 0 saturated heterocycles. The Kier molecular flexibility index (Phi) is 6.35. The fraction of sp³-hybridized carbons (Fsp3) is 0.160. The summed E-state index contributed by atoms with van der Waals surface area (Å²) in [7, 11) is -3.63. The Balaban J connectivity index is 1.60. The lowest BCUT2D eigenvalue weighted by Crippen LogP contribution is -2.18. The van der Waals surface area contributed by atoms with Crippen molar-refractivity contribution in [2.24, 2.45) is 0 Å². The minimum atomic E-state index is -3.63. The Morgan fingerprint density at radius 2 is 1.59 bits per heavy atom. The Bertz CT molecular complexity index is 1360. The van der Waals surface area contributed by atoms with E-state index < -0.39 is 9.84 Å². The van der Waals surface area contributed by atoms with Gasteiger partial charge < -0.3 is 9.88 Å². The van der Waals surface area contributed by atoms with Gasteiger partial charge in [0.1, 0.15) is 6.54 Å². The molecule has 0 spiro atoms. The number of hydrogen-bond acceptors (Lipinski definition) is 3. The van der Waals surface area contributed by atoms with E-state index in [0.29, 0.717) is 27.2 Å². The molecule has 0 unspecified atom stereocenters. The predicted molar refractivity (Wildman–Crippen MR) is 129 cm³/mol. The molecule has 0 aliphatic carbocycles. The minimum absolute atomic E-state index is 0.00646. The largest absolute Gasteiger partial charge is 0.337 e. The van der Waals surface area contributed by atoms with Crippen molar-refractivity contribution >= 4 is 43.9 Å². The van der Waals surface area contributed by atoms with Crippen molar-refractivity contribution in [1.29, 1.82) is 0 Å². The number of aromatic nitrogens is 1. The molecule has 5 nitrogen and oxygen atoms in total. The summed E-state index contributed by atoms with van der Waals surface area (Å²) in [4.78, 5) is 12.9. The Hall–Kier alpha value is -3.09. The zero-order valence-corrected chi connectivity index (χ0v) is 19.2. The molecule has 32 heavy (non-hydrogen) atoms. The molecule has 1 amide bonds. The van der Waals surface area contributed by atoms with Crippen LogP contribution in [0.2, 0.25) is 5.02 Å². The van der Waals surface area contributed by atoms with Crippen LogP contribution in [-0.4, -0.2) is 18.9 Å². The maximum Gasteiger partial charge on any atom is 0.244 e. The highest BCUT2D eigenvalue weighted by Crippen LogP contribution is 2.28. The van der Waals surface area contributed by atoms with Gasteiger partial charge in [-0.25, -0.2) is 8.42 Å². The zero-order chi connectivity index (χ0) is 22.7. The third-order valence-corrected chi connectivity index (χ3v) is 7.28. The summed E-state index contributed by atoms with van der Waals surface area (Å²) in [6, 6.07) is 21.6. The molecule has 0 aliphatic heterocycles. The van der Waals surface area contributed by atoms with E-state index >= 15 is 0 Å². The number of nitrogens with one attached hydrogen (secondary N) is 1. The summed E-state index contributed by atoms with van der Waals surface area (Å²) >= 11 is 5.91. The molecule has 0 aliphatic rings. The number of fused-ring (bicyclic) bond motifs is 1. The number of sulfone groups is 1. The van der Waals surface area contributed by atoms with E-state index in [0.717, 1.165) is 6.42 Å². The maximum atomic E-state index is 13.2. The quantitative estimate of drug-likeness (QED) is 0.392. The van der Waals surface area contributed by atoms with Crippen molar-refractivity contribution in [3.63, 3.8) is 0 Å². The van der Waals surface area contributed by atoms with Crippen molar-refractivity contribution in [2.75, 3.05) is 5.32 Å². The lowest BCUT2D eigenvalue weighted by molar-refractivity contribution is -0.116. The van der Waals surface area contributed by atoms with E-state index in [1.54, 1.807) is 47.2 Å². The van der Waals surface area contributed by atoms with Gasteiger partial charge in [-0.2, -0.15) is 0 Å². The van der Waals surface area contributed by atoms with E-state index in [-0.39, 0.29) is 23.1 Å². The van der Waals surface area contributed by atoms with Crippen LogP contribution in [0.1, 0.15) is 18.1 Å². The molecule has 1 heterocycles. The van der Waals surface area contributed by atoms with Gasteiger partial charge >= 0.3 is 0 Å². The van der Waals surface area contributed by atoms with Crippen LogP contribution < -0.4 is 5.32 Å². The number of aryl methyl sites for hydroxylation is 1. The highest BCUT2D eigenvalue weighted by molar-refractivity contribution is 7.90. The highest BCUT2D eigenvalue weighted by atomic mass is 35.5. The van der Waals surface area contributed by atoms with E-state index in [1.807, 2.05) is 36.4 Å². The molecule has 7 heteroatoms. The van der Waals surface area contributed by atoms with Crippen molar-refractivity contribution in [3.8, 4) is 0 Å². The summed E-state index contributed by atoms with van der Waals surface area (Å²) in [5.74, 6) is -0.370. The first-order chi connectivity index (χ1) is 15.4. The molecular weight excluding hydrogens is 444 g/mol. The molecule has 0 fully saturated rings. The molecular formula is C25H23ClN2O3S. The zero-order valence-electron chi connectivity index (χ0n) is 17.6. The van der Waals surface area contributed by atoms with Gasteiger partial charge in [0.2, 0.25) is 5.91 Å². The number of anilines is 1. The smallest absolute Gasteiger partial charge is 0.244 e. The third-order valence-electron chi connectivity index (χ3n) is 5.32. The molecule has 0 bridgehead atoms. The molecule has 0 saturated carbocycles. The topological polar surface area (TPSA) is 68.2 Å². The lowest BCUT2D eigenvalue weighted by Gasteiger charge is -2.08. The molecule has 4 rings (SSSR count). The van der Waals surface area contributed by atoms with Gasteiger partial charge in [0.05, 0.1) is 10.6 Å². The fourth-order valence-corrected chi connectivity index (χ4v) is 5.36. The van der Waals surface area contributed by atoms with Crippen molar-refractivity contribution in [3.05, 3.63) is 95.1 Å². The monoisotopic (exact) mass is 466 g/mol. The van der Waals surface area contributed by atoms with Crippen LogP contribution in [0.3, 0.4) is 0 Å². The Morgan fingerprint density at radius 3 is 2.28 bits per heavy atom. The minimum Gasteiger partial charge on any atom is -0.337 e. The normalized spacial score (nSPS) is 11.6. The predicted octanol–water partition coefficient (Wildman–Crippen LogP) is 5.47. The Labute approximate surface area is 192 Å². The van der Waals surface area contributed by atoms with Gasteiger partial charge in [-0.05, 0) is 47.9 Å². The molecule has 1 aromatic heterocycles. The summed E-state index contributed by atoms with van der Waals surface area (Å²) in [5.41, 5.74) is 3.24. The summed E-state index contributed by atoms with van der Waals surface area (Å²) < 4.78 is 28.1. The third kappa shape index (κ3) is 4.87. The first-order valence-corrected chi connectivity index (χ1v) is 12.3. The van der Waals surface area contributed by atoms with Crippen LogP contribution in [-0.2, 0) is 33.4 Å². The first-order valence-electron chi connectivity index (χ1n) is 10.3. The molecule has 3 aromatic carbocycles. The van der Waals surface area contributed by atoms with Crippen LogP contribution in [0.4, 0.5) is 5.69 Å². The fourth-order valence-electron chi connectivity index (χ4n) is 3.65. The number of benzene rings is 3. The number of amides is 1. The maximum absolute atomic E-state index is 13.2. The average Bonchev–Trinajstić information content (AvgIpc) is 3.15. The molecule has 164 valence electrons. The summed E-state index contributed by atoms with van der Waals surface area (Å²) in [6.45, 7) is 2.08. The number of carbonyl (C=O) groups is 1. The highest BCUT2D eigenvalue weighted by Gasteiger charge is 2.22. The van der Waals surface area contributed by atoms with Gasteiger partial charge in [-0.1, -0.05) is 61.0 Å². The number of para-hydroxylation sites is 1. The molecule has 4 aromatic rings. The van der Waals surface area contributed by atoms with Crippen molar-refractivity contribution < 1.29 is 13.2 Å². The number of nitrogens with zero attached hydrogens (tertiary/aromatic N) is 1. The Morgan fingerprint density at radius 1 is 0.938 bits per heavy atom. The number of hydrogen-bond donors (Lipinski definition) is 1. The van der Waals surface area contributed by atoms with Crippen molar-refractivity contribution in [2.45, 2.75) is 30.5 Å². The SMILES string of the molecule is CCc1ccc(NC(=O)Cn2cc(S(=O)(=O)Cc3ccc(Cl)cc3)c3ccccc32)cc1. The lowest BCUT2D eigenvalue weighted by atomic mass is 10.1. The summed E-state index contributed by atoms with van der Waals surface area (Å²) in [5, 5.41) is 4.03. The standard InChI is InChI=1S/C25H23ClN2O3S/c1-2-18-9-13-21(14-10-18)27-25(29)16-28-15-24(22-5-3-4-6-23(22)28)32(30,31)17-19-7-11-20(26)12-8-19/h3-15H,2,16-17H2,1H3,(H,27,29). The van der Waals surface area contributed by atoms with Crippen LogP contribution >= 0.6 is 11.6 Å². The second kappa shape index (κ2) is 9.18. The molecule has 0 radical (unpaired) electrons. The second-order valence-electron chi connectivity index (χ2n) is 7.62. The number of carbonyl (C=O) groups excluding carboxylic acids is 1. The number of rotatable bonds is 7.